The summed E-state index contributed by atoms with van der Waals surface area (Å²) in [6.45, 7) is 1.96. The van der Waals surface area contributed by atoms with Crippen LogP contribution in [0.1, 0.15) is 27.4 Å². The first kappa shape index (κ1) is 16.1. The second-order valence-electron chi connectivity index (χ2n) is 5.56. The predicted octanol–water partition coefficient (Wildman–Crippen LogP) is 2.42. The highest BCUT2D eigenvalue weighted by Gasteiger charge is 2.28. The van der Waals surface area contributed by atoms with Crippen molar-refractivity contribution in [3.05, 3.63) is 39.5 Å². The Kier molecular flexibility index (Phi) is 5.40. The van der Waals surface area contributed by atoms with Crippen LogP contribution >= 0.6 is 22.9 Å². The fraction of sp³-hybridized carbons (Fsp3) is 0.438. The molecule has 1 aliphatic heterocycles. The maximum atomic E-state index is 12.2. The van der Waals surface area contributed by atoms with Crippen LogP contribution < -0.4 is 5.32 Å². The Morgan fingerprint density at radius 3 is 2.78 bits per heavy atom. The fourth-order valence-electron chi connectivity index (χ4n) is 2.73. The number of piperidine rings is 1. The van der Waals surface area contributed by atoms with E-state index in [0.29, 0.717) is 24.5 Å². The van der Waals surface area contributed by atoms with Gasteiger partial charge < -0.3 is 10.2 Å². The molecule has 7 heteroatoms. The molecule has 0 bridgehead atoms. The highest BCUT2D eigenvalue weighted by molar-refractivity contribution is 7.09. The Bertz CT molecular complexity index is 632. The van der Waals surface area contributed by atoms with E-state index in [0.717, 1.165) is 19.3 Å². The van der Waals surface area contributed by atoms with E-state index in [-0.39, 0.29) is 17.7 Å². The maximum Gasteiger partial charge on any atom is 0.265 e. The molecule has 3 heterocycles. The zero-order chi connectivity index (χ0) is 16.1. The first-order chi connectivity index (χ1) is 11.2. The van der Waals surface area contributed by atoms with Crippen LogP contribution in [0.3, 0.4) is 0 Å². The van der Waals surface area contributed by atoms with Crippen molar-refractivity contribution in [3.8, 4) is 0 Å². The minimum atomic E-state index is 0.0175. The summed E-state index contributed by atoms with van der Waals surface area (Å²) in [4.78, 5) is 28.2. The Labute approximate surface area is 143 Å². The minimum Gasteiger partial charge on any atom is -0.355 e. The Morgan fingerprint density at radius 2 is 2.13 bits per heavy atom. The Morgan fingerprint density at radius 1 is 1.30 bits per heavy atom. The number of hydrogen-bond donors (Lipinski definition) is 1. The van der Waals surface area contributed by atoms with Gasteiger partial charge in [0, 0.05) is 36.6 Å². The van der Waals surface area contributed by atoms with E-state index in [4.69, 9.17) is 0 Å². The number of nitrogens with one attached hydrogen (secondary N) is 1. The second kappa shape index (κ2) is 7.70. The molecule has 2 amide bonds. The third kappa shape index (κ3) is 4.17. The van der Waals surface area contributed by atoms with Crippen LogP contribution in [0.5, 0.6) is 0 Å². The molecule has 1 saturated heterocycles. The highest BCUT2D eigenvalue weighted by Crippen LogP contribution is 2.20. The molecular weight excluding hydrogens is 330 g/mol. The van der Waals surface area contributed by atoms with Gasteiger partial charge in [0.2, 0.25) is 5.91 Å². The number of likely N-dealkylation sites (tertiary alicyclic amines) is 1. The van der Waals surface area contributed by atoms with Gasteiger partial charge in [-0.1, -0.05) is 6.07 Å². The van der Waals surface area contributed by atoms with Crippen molar-refractivity contribution in [1.29, 1.82) is 0 Å². The van der Waals surface area contributed by atoms with Gasteiger partial charge in [0.15, 0.2) is 0 Å². The molecule has 122 valence electrons. The van der Waals surface area contributed by atoms with E-state index in [2.05, 4.69) is 15.8 Å². The van der Waals surface area contributed by atoms with Crippen LogP contribution in [-0.2, 0) is 11.2 Å². The maximum absolute atomic E-state index is 12.2. The summed E-state index contributed by atoms with van der Waals surface area (Å²) in [6, 6.07) is 5.86. The largest absolute Gasteiger partial charge is 0.355 e. The minimum absolute atomic E-state index is 0.0175. The van der Waals surface area contributed by atoms with Gasteiger partial charge in [-0.3, -0.25) is 9.59 Å². The Hall–Kier alpha value is -1.73. The summed E-state index contributed by atoms with van der Waals surface area (Å²) in [5.41, 5.74) is 0. The molecule has 1 aliphatic rings. The molecule has 2 aromatic heterocycles. The fourth-order valence-corrected chi connectivity index (χ4v) is 4.01. The second-order valence-corrected chi connectivity index (χ2v) is 7.43. The van der Waals surface area contributed by atoms with Gasteiger partial charge >= 0.3 is 0 Å². The lowest BCUT2D eigenvalue weighted by Crippen LogP contribution is -2.43. The smallest absolute Gasteiger partial charge is 0.265 e. The topological polar surface area (TPSA) is 62.3 Å². The molecule has 0 aromatic carbocycles. The number of thiophene rings is 1. The van der Waals surface area contributed by atoms with Crippen molar-refractivity contribution in [2.45, 2.75) is 19.3 Å². The summed E-state index contributed by atoms with van der Waals surface area (Å²) < 4.78 is 3.97. The van der Waals surface area contributed by atoms with Gasteiger partial charge in [0.25, 0.3) is 5.91 Å². The van der Waals surface area contributed by atoms with Crippen molar-refractivity contribution in [1.82, 2.24) is 14.6 Å². The standard InChI is InChI=1S/C16H19N3O2S2/c20-15(17-7-3-13-2-1-11-22-13)12-5-9-19(10-6-12)16(21)14-4-8-18-23-14/h1-2,4,8,11-12H,3,5-7,9-10H2,(H,17,20). The lowest BCUT2D eigenvalue weighted by Gasteiger charge is -2.31. The van der Waals surface area contributed by atoms with Crippen molar-refractivity contribution >= 4 is 34.7 Å². The van der Waals surface area contributed by atoms with Crippen LogP contribution in [0.2, 0.25) is 0 Å². The molecule has 5 nitrogen and oxygen atoms in total. The number of nitrogens with zero attached hydrogens (tertiary/aromatic N) is 2. The van der Waals surface area contributed by atoms with Gasteiger partial charge in [-0.2, -0.15) is 0 Å². The average Bonchev–Trinajstić information content (AvgIpc) is 3.28. The quantitative estimate of drug-likeness (QED) is 0.902. The third-order valence-electron chi connectivity index (χ3n) is 4.05. The Balaban J connectivity index is 1.41. The summed E-state index contributed by atoms with van der Waals surface area (Å²) in [5, 5.41) is 5.07. The van der Waals surface area contributed by atoms with Crippen molar-refractivity contribution in [2.75, 3.05) is 19.6 Å². The van der Waals surface area contributed by atoms with Crippen LogP contribution in [0.15, 0.2) is 29.8 Å². The number of rotatable bonds is 5. The molecule has 1 N–H and O–H groups in total. The number of carbonyl (C=O) groups excluding carboxylic acids is 2. The molecule has 23 heavy (non-hydrogen) atoms. The molecule has 2 aromatic rings. The third-order valence-corrected chi connectivity index (χ3v) is 5.72. The summed E-state index contributed by atoms with van der Waals surface area (Å²) in [7, 11) is 0. The summed E-state index contributed by atoms with van der Waals surface area (Å²) in [5.74, 6) is 0.166. The van der Waals surface area contributed by atoms with E-state index >= 15 is 0 Å². The zero-order valence-corrected chi connectivity index (χ0v) is 14.4. The molecule has 0 spiro atoms. The summed E-state index contributed by atoms with van der Waals surface area (Å²) >= 11 is 2.93. The number of amides is 2. The van der Waals surface area contributed by atoms with Gasteiger partial charge in [0.05, 0.1) is 0 Å². The van der Waals surface area contributed by atoms with E-state index in [1.807, 2.05) is 16.3 Å². The number of hydrogen-bond acceptors (Lipinski definition) is 5. The van der Waals surface area contributed by atoms with Crippen LogP contribution in [0, 0.1) is 5.92 Å². The molecule has 3 rings (SSSR count). The number of carbonyl (C=O) groups is 2. The van der Waals surface area contributed by atoms with E-state index < -0.39 is 0 Å². The van der Waals surface area contributed by atoms with Crippen molar-refractivity contribution in [3.63, 3.8) is 0 Å². The van der Waals surface area contributed by atoms with Gasteiger partial charge in [-0.25, -0.2) is 4.37 Å². The van der Waals surface area contributed by atoms with Crippen molar-refractivity contribution in [2.24, 2.45) is 5.92 Å². The molecule has 1 fully saturated rings. The average molecular weight is 349 g/mol. The van der Waals surface area contributed by atoms with Crippen LogP contribution in [0.25, 0.3) is 0 Å². The van der Waals surface area contributed by atoms with Gasteiger partial charge in [0.1, 0.15) is 4.88 Å². The first-order valence-electron chi connectivity index (χ1n) is 7.74. The van der Waals surface area contributed by atoms with Crippen LogP contribution in [-0.4, -0.2) is 40.7 Å². The normalized spacial score (nSPS) is 15.6. The first-order valence-corrected chi connectivity index (χ1v) is 9.39. The monoisotopic (exact) mass is 349 g/mol. The van der Waals surface area contributed by atoms with Gasteiger partial charge in [-0.05, 0) is 48.3 Å². The van der Waals surface area contributed by atoms with Crippen molar-refractivity contribution < 1.29 is 9.59 Å². The van der Waals surface area contributed by atoms with E-state index in [1.54, 1.807) is 23.6 Å². The number of aromatic nitrogens is 1. The predicted molar refractivity (Wildman–Crippen MR) is 91.8 cm³/mol. The lowest BCUT2D eigenvalue weighted by atomic mass is 9.95. The lowest BCUT2D eigenvalue weighted by molar-refractivity contribution is -0.126. The molecular formula is C16H19N3O2S2. The SMILES string of the molecule is O=C(NCCc1cccs1)C1CCN(C(=O)c2ccns2)CC1. The molecule has 0 radical (unpaired) electrons. The molecule has 0 saturated carbocycles. The van der Waals surface area contributed by atoms with Crippen LogP contribution in [0.4, 0.5) is 0 Å². The highest BCUT2D eigenvalue weighted by atomic mass is 32.1. The molecule has 0 atom stereocenters. The summed E-state index contributed by atoms with van der Waals surface area (Å²) in [6.07, 6.45) is 3.99. The zero-order valence-electron chi connectivity index (χ0n) is 12.7. The van der Waals surface area contributed by atoms with E-state index in [9.17, 15) is 9.59 Å². The molecule has 0 aliphatic carbocycles. The van der Waals surface area contributed by atoms with Gasteiger partial charge in [-0.15, -0.1) is 11.3 Å². The van der Waals surface area contributed by atoms with E-state index in [1.165, 1.54) is 16.4 Å². The molecule has 0 unspecified atom stereocenters.